The van der Waals surface area contributed by atoms with Crippen LogP contribution >= 0.6 is 0 Å². The first-order chi connectivity index (χ1) is 2.89. The van der Waals surface area contributed by atoms with Crippen molar-refractivity contribution in [3.05, 3.63) is 12.3 Å². The molecule has 1 amide bonds. The van der Waals surface area contributed by atoms with Crippen molar-refractivity contribution in [2.24, 2.45) is 0 Å². The van der Waals surface area contributed by atoms with Crippen LogP contribution in [0.25, 0.3) is 0 Å². The highest BCUT2D eigenvalue weighted by Crippen LogP contribution is 1.75. The SMILES string of the molecule is O=C1C=CN[N]1. The Kier molecular flexibility index (Phi) is 0.538. The summed E-state index contributed by atoms with van der Waals surface area (Å²) in [7, 11) is 0. The van der Waals surface area contributed by atoms with Crippen LogP contribution in [0.15, 0.2) is 12.3 Å². The minimum Gasteiger partial charge on any atom is -0.282 e. The van der Waals surface area contributed by atoms with E-state index in [1.54, 1.807) is 0 Å². The topological polar surface area (TPSA) is 43.2 Å². The molecule has 0 bridgehead atoms. The maximum atomic E-state index is 9.93. The van der Waals surface area contributed by atoms with Gasteiger partial charge in [-0.05, 0) is 0 Å². The largest absolute Gasteiger partial charge is 0.287 e. The Morgan fingerprint density at radius 1 is 1.83 bits per heavy atom. The standard InChI is InChI=1S/C3H3N2O/c6-3-1-2-4-5-3/h1-2,4H. The number of carbonyl (C=O) groups excluding carboxylic acids is 1. The molecular formula is C3H3N2O. The van der Waals surface area contributed by atoms with Gasteiger partial charge in [-0.2, -0.15) is 0 Å². The van der Waals surface area contributed by atoms with Crippen LogP contribution in [0.5, 0.6) is 0 Å². The summed E-state index contributed by atoms with van der Waals surface area (Å²) in [6.45, 7) is 0. The lowest BCUT2D eigenvalue weighted by Gasteiger charge is -1.79. The van der Waals surface area contributed by atoms with Gasteiger partial charge in [0.05, 0.1) is 0 Å². The van der Waals surface area contributed by atoms with Crippen molar-refractivity contribution in [3.8, 4) is 0 Å². The first-order valence-corrected chi connectivity index (χ1v) is 1.56. The van der Waals surface area contributed by atoms with Gasteiger partial charge < -0.3 is 0 Å². The highest BCUT2D eigenvalue weighted by atomic mass is 16.2. The summed E-state index contributed by atoms with van der Waals surface area (Å²) in [5.74, 6) is -0.213. The third kappa shape index (κ3) is 0.337. The van der Waals surface area contributed by atoms with Gasteiger partial charge in [0, 0.05) is 12.3 Å². The van der Waals surface area contributed by atoms with Gasteiger partial charge in [0.15, 0.2) is 0 Å². The molecule has 3 heteroatoms. The Balaban J connectivity index is 2.59. The third-order valence-corrected chi connectivity index (χ3v) is 0.475. The number of hydrogen-bond acceptors (Lipinski definition) is 2. The first kappa shape index (κ1) is 3.21. The average molecular weight is 83.1 g/mol. The minimum absolute atomic E-state index is 0.213. The molecule has 0 unspecified atom stereocenters. The van der Waals surface area contributed by atoms with E-state index in [4.69, 9.17) is 0 Å². The van der Waals surface area contributed by atoms with E-state index in [9.17, 15) is 4.79 Å². The number of nitrogens with zero attached hydrogens (tertiary/aromatic N) is 1. The molecule has 0 aromatic heterocycles. The van der Waals surface area contributed by atoms with Gasteiger partial charge in [-0.25, -0.2) is 0 Å². The number of amides is 1. The molecular weight excluding hydrogens is 80.0 g/mol. The van der Waals surface area contributed by atoms with Crippen LogP contribution in [0.3, 0.4) is 0 Å². The van der Waals surface area contributed by atoms with E-state index in [2.05, 4.69) is 10.9 Å². The first-order valence-electron chi connectivity index (χ1n) is 1.56. The summed E-state index contributed by atoms with van der Waals surface area (Å²) in [5, 5.41) is 0. The van der Waals surface area contributed by atoms with Gasteiger partial charge in [0.1, 0.15) is 0 Å². The van der Waals surface area contributed by atoms with Crippen LogP contribution in [-0.2, 0) is 4.79 Å². The molecule has 0 aromatic carbocycles. The highest BCUT2D eigenvalue weighted by Gasteiger charge is 1.98. The maximum Gasteiger partial charge on any atom is 0.287 e. The Hall–Kier alpha value is -0.990. The van der Waals surface area contributed by atoms with Crippen molar-refractivity contribution in [1.82, 2.24) is 10.9 Å². The molecule has 0 fully saturated rings. The summed E-state index contributed by atoms with van der Waals surface area (Å²) < 4.78 is 0. The van der Waals surface area contributed by atoms with E-state index in [0.29, 0.717) is 0 Å². The van der Waals surface area contributed by atoms with Crippen molar-refractivity contribution < 1.29 is 4.79 Å². The summed E-state index contributed by atoms with van der Waals surface area (Å²) in [5.41, 5.74) is 5.60. The summed E-state index contributed by atoms with van der Waals surface area (Å²) in [6, 6.07) is 0. The molecule has 1 N–H and O–H groups in total. The Morgan fingerprint density at radius 2 is 2.67 bits per heavy atom. The summed E-state index contributed by atoms with van der Waals surface area (Å²) in [6.07, 6.45) is 2.85. The van der Waals surface area contributed by atoms with Crippen LogP contribution < -0.4 is 10.9 Å². The van der Waals surface area contributed by atoms with Crippen LogP contribution in [0.1, 0.15) is 0 Å². The smallest absolute Gasteiger partial charge is 0.282 e. The normalized spacial score (nSPS) is 17.0. The third-order valence-electron chi connectivity index (χ3n) is 0.475. The molecule has 6 heavy (non-hydrogen) atoms. The van der Waals surface area contributed by atoms with Gasteiger partial charge >= 0.3 is 0 Å². The van der Waals surface area contributed by atoms with E-state index >= 15 is 0 Å². The van der Waals surface area contributed by atoms with E-state index < -0.39 is 0 Å². The fraction of sp³-hybridized carbons (Fsp3) is 0. The molecule has 1 rings (SSSR count). The molecule has 1 aliphatic rings. The van der Waals surface area contributed by atoms with Crippen LogP contribution in [0, 0.1) is 0 Å². The lowest BCUT2D eigenvalue weighted by Crippen LogP contribution is -2.15. The van der Waals surface area contributed by atoms with Gasteiger partial charge in [0.25, 0.3) is 5.91 Å². The van der Waals surface area contributed by atoms with Crippen molar-refractivity contribution in [3.63, 3.8) is 0 Å². The van der Waals surface area contributed by atoms with E-state index in [0.717, 1.165) is 0 Å². The summed E-state index contributed by atoms with van der Waals surface area (Å²) in [4.78, 5) is 9.93. The van der Waals surface area contributed by atoms with E-state index in [1.807, 2.05) is 0 Å². The van der Waals surface area contributed by atoms with Gasteiger partial charge in [-0.3, -0.25) is 10.2 Å². The zero-order valence-electron chi connectivity index (χ0n) is 3.01. The molecule has 0 saturated heterocycles. The van der Waals surface area contributed by atoms with Crippen LogP contribution in [0.2, 0.25) is 0 Å². The molecule has 1 radical (unpaired) electrons. The number of carbonyl (C=O) groups is 1. The average Bonchev–Trinajstić information content (AvgIpc) is 1.86. The second-order valence-corrected chi connectivity index (χ2v) is 0.912. The van der Waals surface area contributed by atoms with E-state index in [1.165, 1.54) is 12.3 Å². The predicted octanol–water partition coefficient (Wildman–Crippen LogP) is -0.851. The monoisotopic (exact) mass is 83.0 g/mol. The van der Waals surface area contributed by atoms with Crippen LogP contribution in [-0.4, -0.2) is 5.91 Å². The second kappa shape index (κ2) is 1.01. The van der Waals surface area contributed by atoms with Gasteiger partial charge in [0.2, 0.25) is 0 Å². The Labute approximate surface area is 35.0 Å². The van der Waals surface area contributed by atoms with Gasteiger partial charge in [-0.15, -0.1) is 5.43 Å². The van der Waals surface area contributed by atoms with Crippen molar-refractivity contribution in [2.75, 3.05) is 0 Å². The molecule has 3 nitrogen and oxygen atoms in total. The lowest BCUT2D eigenvalue weighted by atomic mass is 10.6. The molecule has 0 saturated carbocycles. The Bertz CT molecular complexity index is 97.0. The number of hydrogen-bond donors (Lipinski definition) is 1. The fourth-order valence-corrected chi connectivity index (χ4v) is 0.247. The van der Waals surface area contributed by atoms with Gasteiger partial charge in [-0.1, -0.05) is 0 Å². The molecule has 1 aliphatic heterocycles. The maximum absolute atomic E-state index is 9.93. The number of nitrogens with one attached hydrogen (secondary N) is 1. The molecule has 0 aliphatic carbocycles. The molecule has 31 valence electrons. The van der Waals surface area contributed by atoms with Crippen molar-refractivity contribution >= 4 is 5.91 Å². The predicted molar refractivity (Wildman–Crippen MR) is 19.4 cm³/mol. The number of rotatable bonds is 0. The lowest BCUT2D eigenvalue weighted by molar-refractivity contribution is -0.116. The zero-order valence-corrected chi connectivity index (χ0v) is 3.01. The minimum atomic E-state index is -0.213. The molecule has 0 spiro atoms. The van der Waals surface area contributed by atoms with Crippen molar-refractivity contribution in [1.29, 1.82) is 0 Å². The fourth-order valence-electron chi connectivity index (χ4n) is 0.247. The molecule has 0 aromatic rings. The zero-order chi connectivity index (χ0) is 4.41. The second-order valence-electron chi connectivity index (χ2n) is 0.912. The van der Waals surface area contributed by atoms with Crippen LogP contribution in [0.4, 0.5) is 0 Å². The molecule has 1 heterocycles. The van der Waals surface area contributed by atoms with E-state index in [-0.39, 0.29) is 5.91 Å². The quantitative estimate of drug-likeness (QED) is 0.414. The van der Waals surface area contributed by atoms with Crippen molar-refractivity contribution in [2.45, 2.75) is 0 Å². The Morgan fingerprint density at radius 3 is 2.83 bits per heavy atom. The highest BCUT2D eigenvalue weighted by molar-refractivity contribution is 5.88. The summed E-state index contributed by atoms with van der Waals surface area (Å²) >= 11 is 0. The molecule has 0 atom stereocenters.